The van der Waals surface area contributed by atoms with Crippen LogP contribution in [0.25, 0.3) is 0 Å². The van der Waals surface area contributed by atoms with Crippen LogP contribution in [0.5, 0.6) is 11.5 Å². The van der Waals surface area contributed by atoms with Gasteiger partial charge in [-0.05, 0) is 24.3 Å². The Morgan fingerprint density at radius 1 is 1.11 bits per heavy atom. The zero-order chi connectivity index (χ0) is 13.7. The van der Waals surface area contributed by atoms with Crippen molar-refractivity contribution in [3.63, 3.8) is 0 Å². The van der Waals surface area contributed by atoms with Gasteiger partial charge in [-0.2, -0.15) is 0 Å². The average Bonchev–Trinajstić information content (AvgIpc) is 2.97. The fourth-order valence-corrected chi connectivity index (χ4v) is 1.94. The molecule has 0 bridgehead atoms. The first-order chi connectivity index (χ1) is 9.26. The highest BCUT2D eigenvalue weighted by Crippen LogP contribution is 2.29. The predicted molar refractivity (Wildman–Crippen MR) is 70.9 cm³/mol. The third-order valence-electron chi connectivity index (χ3n) is 2.89. The van der Waals surface area contributed by atoms with Crippen molar-refractivity contribution >= 4 is 5.78 Å². The topological polar surface area (TPSA) is 48.7 Å². The van der Waals surface area contributed by atoms with Gasteiger partial charge in [-0.3, -0.25) is 4.79 Å². The summed E-state index contributed by atoms with van der Waals surface area (Å²) in [4.78, 5) is 12.3. The van der Waals surface area contributed by atoms with Gasteiger partial charge < -0.3 is 13.9 Å². The highest BCUT2D eigenvalue weighted by atomic mass is 16.5. The summed E-state index contributed by atoms with van der Waals surface area (Å²) >= 11 is 0. The van der Waals surface area contributed by atoms with Crippen LogP contribution in [-0.4, -0.2) is 20.0 Å². The minimum Gasteiger partial charge on any atom is -0.496 e. The van der Waals surface area contributed by atoms with Gasteiger partial charge in [-0.25, -0.2) is 0 Å². The zero-order valence-electron chi connectivity index (χ0n) is 11.0. The maximum Gasteiger partial charge on any atom is 0.170 e. The number of hydrogen-bond acceptors (Lipinski definition) is 4. The average molecular weight is 260 g/mol. The van der Waals surface area contributed by atoms with Gasteiger partial charge in [0, 0.05) is 12.8 Å². The van der Waals surface area contributed by atoms with Crippen LogP contribution in [-0.2, 0) is 6.42 Å². The molecule has 2 aromatic rings. The Hall–Kier alpha value is -2.23. The summed E-state index contributed by atoms with van der Waals surface area (Å²) in [6, 6.07) is 8.96. The van der Waals surface area contributed by atoms with Crippen LogP contribution in [0.15, 0.2) is 41.0 Å². The number of benzene rings is 1. The Balaban J connectivity index is 2.18. The number of hydrogen-bond donors (Lipinski definition) is 0. The van der Waals surface area contributed by atoms with Crippen LogP contribution >= 0.6 is 0 Å². The number of rotatable bonds is 6. The van der Waals surface area contributed by atoms with E-state index in [0.717, 1.165) is 5.76 Å². The molecule has 1 aromatic carbocycles. The van der Waals surface area contributed by atoms with E-state index in [1.54, 1.807) is 24.5 Å². The van der Waals surface area contributed by atoms with Gasteiger partial charge in [0.2, 0.25) is 0 Å². The monoisotopic (exact) mass is 260 g/mol. The third-order valence-corrected chi connectivity index (χ3v) is 2.89. The van der Waals surface area contributed by atoms with Crippen molar-refractivity contribution < 1.29 is 18.7 Å². The van der Waals surface area contributed by atoms with Crippen molar-refractivity contribution in [1.29, 1.82) is 0 Å². The molecule has 0 N–H and O–H groups in total. The standard InChI is InChI=1S/C15H16O4/c1-17-13-6-3-7-14(18-2)15(13)12(16)9-8-11-5-4-10-19-11/h3-7,10H,8-9H2,1-2H3. The maximum atomic E-state index is 12.3. The second-order valence-electron chi connectivity index (χ2n) is 4.04. The molecule has 0 atom stereocenters. The lowest BCUT2D eigenvalue weighted by Crippen LogP contribution is -2.06. The summed E-state index contributed by atoms with van der Waals surface area (Å²) in [5.74, 6) is 1.83. The molecule has 2 rings (SSSR count). The van der Waals surface area contributed by atoms with Crippen molar-refractivity contribution in [1.82, 2.24) is 0 Å². The van der Waals surface area contributed by atoms with Gasteiger partial charge in [0.1, 0.15) is 22.8 Å². The number of carbonyl (C=O) groups excluding carboxylic acids is 1. The van der Waals surface area contributed by atoms with Gasteiger partial charge in [-0.15, -0.1) is 0 Å². The van der Waals surface area contributed by atoms with E-state index < -0.39 is 0 Å². The van der Waals surface area contributed by atoms with Crippen LogP contribution < -0.4 is 9.47 Å². The molecule has 0 aliphatic heterocycles. The van der Waals surface area contributed by atoms with Crippen LogP contribution in [0.1, 0.15) is 22.5 Å². The molecule has 1 heterocycles. The van der Waals surface area contributed by atoms with Gasteiger partial charge in [0.15, 0.2) is 5.78 Å². The quantitative estimate of drug-likeness (QED) is 0.749. The van der Waals surface area contributed by atoms with E-state index in [9.17, 15) is 4.79 Å². The number of furan rings is 1. The Bertz CT molecular complexity index is 521. The zero-order valence-corrected chi connectivity index (χ0v) is 11.0. The molecule has 0 saturated carbocycles. The number of carbonyl (C=O) groups is 1. The van der Waals surface area contributed by atoms with Gasteiger partial charge in [-0.1, -0.05) is 6.07 Å². The van der Waals surface area contributed by atoms with Crippen LogP contribution in [0.2, 0.25) is 0 Å². The molecule has 0 aliphatic carbocycles. The summed E-state index contributed by atoms with van der Waals surface area (Å²) < 4.78 is 15.7. The van der Waals surface area contributed by atoms with Crippen molar-refractivity contribution in [2.24, 2.45) is 0 Å². The van der Waals surface area contributed by atoms with Crippen LogP contribution in [0, 0.1) is 0 Å². The smallest absolute Gasteiger partial charge is 0.170 e. The third kappa shape index (κ3) is 2.96. The molecule has 0 unspecified atom stereocenters. The number of methoxy groups -OCH3 is 2. The molecule has 0 amide bonds. The highest BCUT2D eigenvalue weighted by Gasteiger charge is 2.18. The first-order valence-electron chi connectivity index (χ1n) is 6.03. The van der Waals surface area contributed by atoms with E-state index in [1.807, 2.05) is 12.1 Å². The van der Waals surface area contributed by atoms with E-state index >= 15 is 0 Å². The molecule has 100 valence electrons. The number of ether oxygens (including phenoxy) is 2. The van der Waals surface area contributed by atoms with E-state index in [0.29, 0.717) is 29.9 Å². The summed E-state index contributed by atoms with van der Waals surface area (Å²) in [5, 5.41) is 0. The molecule has 4 heteroatoms. The Labute approximate surface area is 111 Å². The van der Waals surface area contributed by atoms with Crippen molar-refractivity contribution in [2.75, 3.05) is 14.2 Å². The lowest BCUT2D eigenvalue weighted by atomic mass is 10.0. The van der Waals surface area contributed by atoms with E-state index in [1.165, 1.54) is 14.2 Å². The summed E-state index contributed by atoms with van der Waals surface area (Å²) in [6.45, 7) is 0. The molecule has 0 saturated heterocycles. The van der Waals surface area contributed by atoms with Crippen molar-refractivity contribution in [2.45, 2.75) is 12.8 Å². The second-order valence-corrected chi connectivity index (χ2v) is 4.04. The van der Waals surface area contributed by atoms with E-state index in [2.05, 4.69) is 0 Å². The van der Waals surface area contributed by atoms with Crippen molar-refractivity contribution in [3.8, 4) is 11.5 Å². The molecule has 0 spiro atoms. The van der Waals surface area contributed by atoms with Gasteiger partial charge in [0.25, 0.3) is 0 Å². The van der Waals surface area contributed by atoms with Crippen LogP contribution in [0.4, 0.5) is 0 Å². The highest BCUT2D eigenvalue weighted by molar-refractivity contribution is 6.01. The molecule has 4 nitrogen and oxygen atoms in total. The molecule has 0 fully saturated rings. The molecule has 1 aromatic heterocycles. The summed E-state index contributed by atoms with van der Waals surface area (Å²) in [5.41, 5.74) is 0.485. The number of ketones is 1. The van der Waals surface area contributed by atoms with Gasteiger partial charge in [0.05, 0.1) is 20.5 Å². The van der Waals surface area contributed by atoms with Crippen LogP contribution in [0.3, 0.4) is 0 Å². The number of Topliss-reactive ketones (excluding diaryl/α,β-unsaturated/α-hetero) is 1. The lowest BCUT2D eigenvalue weighted by molar-refractivity contribution is 0.0975. The van der Waals surface area contributed by atoms with E-state index in [-0.39, 0.29) is 5.78 Å². The van der Waals surface area contributed by atoms with Crippen molar-refractivity contribution in [3.05, 3.63) is 47.9 Å². The lowest BCUT2D eigenvalue weighted by Gasteiger charge is -2.11. The second kappa shape index (κ2) is 6.09. The first-order valence-corrected chi connectivity index (χ1v) is 6.03. The van der Waals surface area contributed by atoms with E-state index in [4.69, 9.17) is 13.9 Å². The summed E-state index contributed by atoms with van der Waals surface area (Å²) in [6.07, 6.45) is 2.51. The molecule has 19 heavy (non-hydrogen) atoms. The normalized spacial score (nSPS) is 10.2. The fourth-order valence-electron chi connectivity index (χ4n) is 1.94. The Morgan fingerprint density at radius 3 is 2.32 bits per heavy atom. The molecular formula is C15H16O4. The minimum absolute atomic E-state index is 0.0225. The van der Waals surface area contributed by atoms with Gasteiger partial charge >= 0.3 is 0 Å². The molecular weight excluding hydrogens is 244 g/mol. The summed E-state index contributed by atoms with van der Waals surface area (Å²) in [7, 11) is 3.08. The Morgan fingerprint density at radius 2 is 1.79 bits per heavy atom. The molecule has 0 radical (unpaired) electrons. The predicted octanol–water partition coefficient (Wildman–Crippen LogP) is 3.11. The molecule has 0 aliphatic rings. The maximum absolute atomic E-state index is 12.3. The first kappa shape index (κ1) is 13.2. The number of aryl methyl sites for hydroxylation is 1. The SMILES string of the molecule is COc1cccc(OC)c1C(=O)CCc1ccco1. The fraction of sp³-hybridized carbons (Fsp3) is 0.267. The minimum atomic E-state index is -0.0225. The largest absolute Gasteiger partial charge is 0.496 e. The Kier molecular flexibility index (Phi) is 4.23.